The maximum atomic E-state index is 5.26. The Balaban J connectivity index is 1.25. The molecule has 0 unspecified atom stereocenters. The van der Waals surface area contributed by atoms with Crippen molar-refractivity contribution in [2.24, 2.45) is 0 Å². The first kappa shape index (κ1) is 26.9. The van der Waals surface area contributed by atoms with Crippen LogP contribution in [0.1, 0.15) is 0 Å². The van der Waals surface area contributed by atoms with Crippen molar-refractivity contribution in [3.8, 4) is 56.3 Å². The van der Waals surface area contributed by atoms with Gasteiger partial charge in [-0.2, -0.15) is 0 Å². The maximum Gasteiger partial charge on any atom is 0.160 e. The summed E-state index contributed by atoms with van der Waals surface area (Å²) in [5.74, 6) is 0.667. The minimum absolute atomic E-state index is 0.667. The van der Waals surface area contributed by atoms with Crippen LogP contribution in [0, 0.1) is 0 Å². The minimum Gasteiger partial charge on any atom is -0.298 e. The van der Waals surface area contributed by atoms with E-state index in [9.17, 15) is 0 Å². The molecule has 0 N–H and O–H groups in total. The summed E-state index contributed by atoms with van der Waals surface area (Å²) in [7, 11) is 0. The molecular weight excluding hydrogens is 574 g/mol. The summed E-state index contributed by atoms with van der Waals surface area (Å²) in [5.41, 5.74) is 12.5. The monoisotopic (exact) mass is 601 g/mol. The fourth-order valence-electron chi connectivity index (χ4n) is 6.41. The highest BCUT2D eigenvalue weighted by Gasteiger charge is 2.21. The van der Waals surface area contributed by atoms with Crippen LogP contribution in [0.25, 0.3) is 83.9 Å². The molecule has 0 atom stereocenters. The number of imidazole rings is 1. The van der Waals surface area contributed by atoms with E-state index in [1.54, 1.807) is 0 Å². The van der Waals surface area contributed by atoms with Crippen molar-refractivity contribution in [3.63, 3.8) is 0 Å². The Kier molecular flexibility index (Phi) is 6.39. The highest BCUT2D eigenvalue weighted by molar-refractivity contribution is 6.09. The van der Waals surface area contributed by atoms with E-state index in [2.05, 4.69) is 120 Å². The molecule has 0 saturated heterocycles. The minimum atomic E-state index is 0.667. The van der Waals surface area contributed by atoms with Crippen molar-refractivity contribution in [1.29, 1.82) is 0 Å². The number of benzene rings is 5. The molecule has 5 heteroatoms. The maximum absolute atomic E-state index is 5.26. The van der Waals surface area contributed by atoms with Gasteiger partial charge in [0, 0.05) is 39.4 Å². The third-order valence-electron chi connectivity index (χ3n) is 8.63. The predicted octanol–water partition coefficient (Wildman–Crippen LogP) is 10.2. The molecule has 0 saturated carbocycles. The fraction of sp³-hybridized carbons (Fsp3) is 0. The molecule has 220 valence electrons. The van der Waals surface area contributed by atoms with Crippen LogP contribution >= 0.6 is 0 Å². The van der Waals surface area contributed by atoms with Gasteiger partial charge in [0.25, 0.3) is 0 Å². The average molecular weight is 602 g/mol. The van der Waals surface area contributed by atoms with E-state index >= 15 is 0 Å². The van der Waals surface area contributed by atoms with Gasteiger partial charge in [0.05, 0.1) is 28.1 Å². The zero-order chi connectivity index (χ0) is 31.2. The SMILES string of the molecule is c1ccc(-c2nc(-c3ccc(-c4nc5ccccc5c5nc6ccccn6c45)cc3)nc(-c3ccccc3)c2-c2ccccc2)cc1. The zero-order valence-corrected chi connectivity index (χ0v) is 25.3. The normalized spacial score (nSPS) is 11.4. The Labute approximate surface area is 271 Å². The molecule has 0 aliphatic heterocycles. The molecule has 4 aromatic heterocycles. The highest BCUT2D eigenvalue weighted by atomic mass is 15.0. The van der Waals surface area contributed by atoms with Crippen molar-refractivity contribution >= 4 is 27.6 Å². The molecule has 47 heavy (non-hydrogen) atoms. The van der Waals surface area contributed by atoms with E-state index in [0.717, 1.165) is 78.0 Å². The van der Waals surface area contributed by atoms with Gasteiger partial charge >= 0.3 is 0 Å². The molecule has 0 bridgehead atoms. The molecule has 0 radical (unpaired) electrons. The first-order chi connectivity index (χ1) is 23.3. The lowest BCUT2D eigenvalue weighted by molar-refractivity contribution is 1.18. The van der Waals surface area contributed by atoms with Crippen molar-refractivity contribution in [1.82, 2.24) is 24.3 Å². The Morgan fingerprint density at radius 3 is 1.57 bits per heavy atom. The summed E-state index contributed by atoms with van der Waals surface area (Å²) in [6.45, 7) is 0. The van der Waals surface area contributed by atoms with E-state index in [1.165, 1.54) is 0 Å². The van der Waals surface area contributed by atoms with Crippen LogP contribution in [0.3, 0.4) is 0 Å². The number of hydrogen-bond acceptors (Lipinski definition) is 4. The van der Waals surface area contributed by atoms with Crippen molar-refractivity contribution in [3.05, 3.63) is 164 Å². The van der Waals surface area contributed by atoms with Crippen LogP contribution in [0.2, 0.25) is 0 Å². The predicted molar refractivity (Wildman–Crippen MR) is 191 cm³/mol. The van der Waals surface area contributed by atoms with E-state index < -0.39 is 0 Å². The lowest BCUT2D eigenvalue weighted by Gasteiger charge is -2.17. The summed E-state index contributed by atoms with van der Waals surface area (Å²) in [5, 5.41) is 1.04. The Bertz CT molecular complexity index is 2480. The molecule has 0 fully saturated rings. The molecule has 0 aliphatic carbocycles. The summed E-state index contributed by atoms with van der Waals surface area (Å²) >= 11 is 0. The lowest BCUT2D eigenvalue weighted by atomic mass is 9.94. The smallest absolute Gasteiger partial charge is 0.160 e. The molecule has 5 nitrogen and oxygen atoms in total. The number of aromatic nitrogens is 5. The number of nitrogens with zero attached hydrogens (tertiary/aromatic N) is 5. The van der Waals surface area contributed by atoms with E-state index in [4.69, 9.17) is 19.9 Å². The van der Waals surface area contributed by atoms with Gasteiger partial charge < -0.3 is 0 Å². The van der Waals surface area contributed by atoms with E-state index in [0.29, 0.717) is 5.82 Å². The standard InChI is InChI=1S/C42H27N5/c1-4-14-28(15-5-1)36-37(29-16-6-2-7-17-29)45-42(46-38(36)30-18-8-3-9-19-30)32-25-23-31(24-26-32)39-41-40(33-20-10-11-21-34(33)43-39)44-35-22-12-13-27-47(35)41/h1-27H. The second-order valence-corrected chi connectivity index (χ2v) is 11.5. The van der Waals surface area contributed by atoms with Gasteiger partial charge in [-0.1, -0.05) is 140 Å². The number of para-hydroxylation sites is 1. The van der Waals surface area contributed by atoms with Gasteiger partial charge in [0.2, 0.25) is 0 Å². The van der Waals surface area contributed by atoms with E-state index in [1.807, 2.05) is 48.5 Å². The van der Waals surface area contributed by atoms with Gasteiger partial charge in [-0.05, 0) is 23.8 Å². The molecule has 5 aromatic carbocycles. The fourth-order valence-corrected chi connectivity index (χ4v) is 6.41. The number of fused-ring (bicyclic) bond motifs is 5. The third kappa shape index (κ3) is 4.64. The van der Waals surface area contributed by atoms with Crippen LogP contribution in [0.15, 0.2) is 164 Å². The second-order valence-electron chi connectivity index (χ2n) is 11.5. The van der Waals surface area contributed by atoms with Gasteiger partial charge in [0.15, 0.2) is 5.82 Å². The van der Waals surface area contributed by atoms with Gasteiger partial charge in [-0.3, -0.25) is 4.40 Å². The number of hydrogen-bond donors (Lipinski definition) is 0. The Hall–Kier alpha value is -6.46. The summed E-state index contributed by atoms with van der Waals surface area (Å²) in [6.07, 6.45) is 2.05. The first-order valence-electron chi connectivity index (χ1n) is 15.7. The highest BCUT2D eigenvalue weighted by Crippen LogP contribution is 2.40. The van der Waals surface area contributed by atoms with Crippen LogP contribution in [0.5, 0.6) is 0 Å². The zero-order valence-electron chi connectivity index (χ0n) is 25.3. The Morgan fingerprint density at radius 2 is 0.915 bits per heavy atom. The van der Waals surface area contributed by atoms with E-state index in [-0.39, 0.29) is 0 Å². The van der Waals surface area contributed by atoms with Crippen LogP contribution in [0.4, 0.5) is 0 Å². The third-order valence-corrected chi connectivity index (χ3v) is 8.63. The summed E-state index contributed by atoms with van der Waals surface area (Å²) in [4.78, 5) is 20.7. The van der Waals surface area contributed by atoms with Crippen molar-refractivity contribution < 1.29 is 0 Å². The average Bonchev–Trinajstić information content (AvgIpc) is 3.55. The van der Waals surface area contributed by atoms with Crippen LogP contribution in [-0.4, -0.2) is 24.3 Å². The lowest BCUT2D eigenvalue weighted by Crippen LogP contribution is -2.01. The molecule has 9 rings (SSSR count). The van der Waals surface area contributed by atoms with Gasteiger partial charge in [0.1, 0.15) is 11.2 Å². The van der Waals surface area contributed by atoms with Crippen molar-refractivity contribution in [2.75, 3.05) is 0 Å². The van der Waals surface area contributed by atoms with Gasteiger partial charge in [-0.25, -0.2) is 19.9 Å². The number of pyridine rings is 2. The molecular formula is C42H27N5. The summed E-state index contributed by atoms with van der Waals surface area (Å²) < 4.78 is 2.13. The number of rotatable bonds is 5. The molecule has 0 amide bonds. The Morgan fingerprint density at radius 1 is 0.383 bits per heavy atom. The quantitative estimate of drug-likeness (QED) is 0.197. The molecule has 4 heterocycles. The molecule has 9 aromatic rings. The largest absolute Gasteiger partial charge is 0.298 e. The topological polar surface area (TPSA) is 56.0 Å². The molecule has 0 aliphatic rings. The molecule has 0 spiro atoms. The van der Waals surface area contributed by atoms with Gasteiger partial charge in [-0.15, -0.1) is 0 Å². The second kappa shape index (κ2) is 11.2. The van der Waals surface area contributed by atoms with Crippen molar-refractivity contribution in [2.45, 2.75) is 0 Å². The van der Waals surface area contributed by atoms with Crippen LogP contribution < -0.4 is 0 Å². The van der Waals surface area contributed by atoms with Crippen LogP contribution in [-0.2, 0) is 0 Å². The first-order valence-corrected chi connectivity index (χ1v) is 15.7. The summed E-state index contributed by atoms with van der Waals surface area (Å²) in [6, 6.07) is 53.9.